The van der Waals surface area contributed by atoms with E-state index in [-0.39, 0.29) is 0 Å². The van der Waals surface area contributed by atoms with Crippen molar-refractivity contribution in [1.82, 2.24) is 15.0 Å². The molecule has 0 saturated carbocycles. The van der Waals surface area contributed by atoms with Crippen LogP contribution in [-0.2, 0) is 0 Å². The van der Waals surface area contributed by atoms with Crippen LogP contribution in [0.25, 0.3) is 99.9 Å². The highest BCUT2D eigenvalue weighted by molar-refractivity contribution is 6.13. The van der Waals surface area contributed by atoms with Gasteiger partial charge in [-0.3, -0.25) is 0 Å². The lowest BCUT2D eigenvalue weighted by molar-refractivity contribution is 0.669. The van der Waals surface area contributed by atoms with Crippen LogP contribution in [0.4, 0.5) is 0 Å². The Bertz CT molecular complexity index is 3070. The molecule has 0 N–H and O–H groups in total. The zero-order valence-corrected chi connectivity index (χ0v) is 28.4. The van der Waals surface area contributed by atoms with E-state index in [1.807, 2.05) is 72.8 Å². The van der Waals surface area contributed by atoms with Gasteiger partial charge in [0.05, 0.1) is 11.6 Å². The number of hydrogen-bond donors (Lipinski definition) is 0. The molecule has 2 heterocycles. The molecule has 8 aromatic carbocycles. The van der Waals surface area contributed by atoms with Crippen LogP contribution in [0.1, 0.15) is 5.56 Å². The third-order valence-corrected chi connectivity index (χ3v) is 9.98. The fourth-order valence-electron chi connectivity index (χ4n) is 7.37. The zero-order valence-electron chi connectivity index (χ0n) is 28.4. The Kier molecular flexibility index (Phi) is 7.12. The molecule has 10 rings (SSSR count). The van der Waals surface area contributed by atoms with Crippen molar-refractivity contribution in [3.8, 4) is 62.5 Å². The highest BCUT2D eigenvalue weighted by atomic mass is 16.3. The highest BCUT2D eigenvalue weighted by Gasteiger charge is 2.17. The van der Waals surface area contributed by atoms with E-state index >= 15 is 0 Å². The second-order valence-corrected chi connectivity index (χ2v) is 13.1. The van der Waals surface area contributed by atoms with Crippen molar-refractivity contribution in [3.05, 3.63) is 175 Å². The number of rotatable bonds is 5. The van der Waals surface area contributed by atoms with Crippen LogP contribution in [0.2, 0.25) is 0 Å². The number of furan rings is 1. The Balaban J connectivity index is 1.13. The maximum absolute atomic E-state index is 9.70. The molecular weight excluding hydrogens is 649 g/mol. The normalized spacial score (nSPS) is 11.4. The minimum atomic E-state index is 0.549. The summed E-state index contributed by atoms with van der Waals surface area (Å²) in [5, 5.41) is 16.5. The molecule has 10 aromatic rings. The first-order chi connectivity index (χ1) is 26.2. The van der Waals surface area contributed by atoms with Gasteiger partial charge < -0.3 is 4.42 Å². The lowest BCUT2D eigenvalue weighted by atomic mass is 9.99. The summed E-state index contributed by atoms with van der Waals surface area (Å²) >= 11 is 0. The molecule has 0 saturated heterocycles. The van der Waals surface area contributed by atoms with E-state index in [1.54, 1.807) is 0 Å². The number of nitriles is 1. The molecular formula is C48H28N4O. The fourth-order valence-corrected chi connectivity index (χ4v) is 7.37. The molecule has 0 radical (unpaired) electrons. The Hall–Kier alpha value is -7.42. The van der Waals surface area contributed by atoms with E-state index < -0.39 is 0 Å². The van der Waals surface area contributed by atoms with Gasteiger partial charge in [0.25, 0.3) is 0 Å². The van der Waals surface area contributed by atoms with Crippen molar-refractivity contribution in [1.29, 1.82) is 5.26 Å². The summed E-state index contributed by atoms with van der Waals surface area (Å²) < 4.78 is 6.47. The summed E-state index contributed by atoms with van der Waals surface area (Å²) in [6.07, 6.45) is 0. The van der Waals surface area contributed by atoms with E-state index in [0.717, 1.165) is 66.3 Å². The van der Waals surface area contributed by atoms with Gasteiger partial charge in [-0.1, -0.05) is 140 Å². The van der Waals surface area contributed by atoms with E-state index in [2.05, 4.69) is 103 Å². The summed E-state index contributed by atoms with van der Waals surface area (Å²) in [5.41, 5.74) is 8.90. The molecule has 0 fully saturated rings. The van der Waals surface area contributed by atoms with Gasteiger partial charge in [0.15, 0.2) is 17.5 Å². The molecule has 53 heavy (non-hydrogen) atoms. The zero-order chi connectivity index (χ0) is 35.3. The maximum atomic E-state index is 9.70. The summed E-state index contributed by atoms with van der Waals surface area (Å²) in [6, 6.07) is 59.9. The topological polar surface area (TPSA) is 75.6 Å². The molecule has 2 aromatic heterocycles. The Morgan fingerprint density at radius 2 is 0.981 bits per heavy atom. The third-order valence-electron chi connectivity index (χ3n) is 9.98. The second-order valence-electron chi connectivity index (χ2n) is 13.1. The second kappa shape index (κ2) is 12.4. The van der Waals surface area contributed by atoms with Gasteiger partial charge >= 0.3 is 0 Å². The van der Waals surface area contributed by atoms with E-state index in [9.17, 15) is 5.26 Å². The van der Waals surface area contributed by atoms with Gasteiger partial charge in [-0.2, -0.15) is 5.26 Å². The van der Waals surface area contributed by atoms with Crippen molar-refractivity contribution in [2.75, 3.05) is 0 Å². The SMILES string of the molecule is N#Cc1ccccc1-c1ccc(-c2nc(-c3ccc4c(ccc5ccccc54)c3)nc(-c3ccc4c(c3)oc3cccc(-c5ccccc5)c34)n2)cc1. The first-order valence-corrected chi connectivity index (χ1v) is 17.5. The minimum Gasteiger partial charge on any atom is -0.456 e. The van der Waals surface area contributed by atoms with Crippen LogP contribution in [0.3, 0.4) is 0 Å². The molecule has 246 valence electrons. The summed E-state index contributed by atoms with van der Waals surface area (Å²) in [5.74, 6) is 1.68. The number of nitrogens with zero attached hydrogens (tertiary/aromatic N) is 4. The van der Waals surface area contributed by atoms with Crippen LogP contribution < -0.4 is 0 Å². The van der Waals surface area contributed by atoms with Crippen molar-refractivity contribution in [2.45, 2.75) is 0 Å². The number of aromatic nitrogens is 3. The Morgan fingerprint density at radius 3 is 1.79 bits per heavy atom. The van der Waals surface area contributed by atoms with Crippen molar-refractivity contribution in [3.63, 3.8) is 0 Å². The first-order valence-electron chi connectivity index (χ1n) is 17.5. The van der Waals surface area contributed by atoms with Crippen LogP contribution in [0, 0.1) is 11.3 Å². The molecule has 0 aliphatic rings. The molecule has 5 nitrogen and oxygen atoms in total. The Labute approximate surface area is 305 Å². The molecule has 0 spiro atoms. The maximum Gasteiger partial charge on any atom is 0.164 e. The molecule has 0 aliphatic heterocycles. The van der Waals surface area contributed by atoms with E-state index in [1.165, 1.54) is 16.2 Å². The first kappa shape index (κ1) is 30.4. The predicted molar refractivity (Wildman–Crippen MR) is 214 cm³/mol. The minimum absolute atomic E-state index is 0.549. The van der Waals surface area contributed by atoms with Gasteiger partial charge in [-0.05, 0) is 74.1 Å². The van der Waals surface area contributed by atoms with Crippen molar-refractivity contribution in [2.24, 2.45) is 0 Å². The monoisotopic (exact) mass is 676 g/mol. The van der Waals surface area contributed by atoms with Gasteiger partial charge in [0.1, 0.15) is 11.2 Å². The smallest absolute Gasteiger partial charge is 0.164 e. The van der Waals surface area contributed by atoms with Crippen LogP contribution >= 0.6 is 0 Å². The van der Waals surface area contributed by atoms with Crippen LogP contribution in [0.5, 0.6) is 0 Å². The number of fused-ring (bicyclic) bond motifs is 6. The number of benzene rings is 8. The molecule has 0 unspecified atom stereocenters. The van der Waals surface area contributed by atoms with E-state index in [4.69, 9.17) is 19.4 Å². The lowest BCUT2D eigenvalue weighted by Crippen LogP contribution is -2.00. The number of hydrogen-bond acceptors (Lipinski definition) is 5. The predicted octanol–water partition coefficient (Wildman–Crippen LogP) is 12.3. The fraction of sp³-hybridized carbons (Fsp3) is 0. The molecule has 0 amide bonds. The van der Waals surface area contributed by atoms with E-state index in [0.29, 0.717) is 23.0 Å². The van der Waals surface area contributed by atoms with Crippen molar-refractivity contribution >= 4 is 43.5 Å². The van der Waals surface area contributed by atoms with Crippen LogP contribution in [-0.4, -0.2) is 15.0 Å². The highest BCUT2D eigenvalue weighted by Crippen LogP contribution is 2.38. The molecule has 5 heteroatoms. The Morgan fingerprint density at radius 1 is 0.396 bits per heavy atom. The summed E-state index contributed by atoms with van der Waals surface area (Å²) in [6.45, 7) is 0. The third kappa shape index (κ3) is 5.29. The quantitative estimate of drug-likeness (QED) is 0.170. The summed E-state index contributed by atoms with van der Waals surface area (Å²) in [7, 11) is 0. The van der Waals surface area contributed by atoms with Crippen LogP contribution in [0.15, 0.2) is 174 Å². The molecule has 0 bridgehead atoms. The van der Waals surface area contributed by atoms with Gasteiger partial charge in [-0.15, -0.1) is 0 Å². The average molecular weight is 677 g/mol. The molecule has 0 aliphatic carbocycles. The largest absolute Gasteiger partial charge is 0.456 e. The standard InChI is InChI=1S/C48H28N4O/c49-29-37-12-5-6-13-38(37)32-17-20-33(21-18-32)46-50-47(35-23-25-40-34(27-35)22-19-31-11-4-7-14-39(31)40)52-48(51-46)36-24-26-42-44(28-36)53-43-16-8-15-41(45(42)43)30-9-2-1-3-10-30/h1-28H. The lowest BCUT2D eigenvalue weighted by Gasteiger charge is -2.11. The van der Waals surface area contributed by atoms with Crippen molar-refractivity contribution < 1.29 is 4.42 Å². The van der Waals surface area contributed by atoms with Gasteiger partial charge in [-0.25, -0.2) is 15.0 Å². The average Bonchev–Trinajstić information content (AvgIpc) is 3.62. The summed E-state index contributed by atoms with van der Waals surface area (Å²) in [4.78, 5) is 15.2. The molecule has 0 atom stereocenters. The van der Waals surface area contributed by atoms with Gasteiger partial charge in [0.2, 0.25) is 0 Å². The van der Waals surface area contributed by atoms with Gasteiger partial charge in [0, 0.05) is 27.5 Å².